The summed E-state index contributed by atoms with van der Waals surface area (Å²) in [6.07, 6.45) is -0.00560. The van der Waals surface area contributed by atoms with Crippen LogP contribution in [0.2, 0.25) is 0 Å². The lowest BCUT2D eigenvalue weighted by molar-refractivity contribution is -0.384. The zero-order chi connectivity index (χ0) is 16.2. The molecule has 0 unspecified atom stereocenters. The van der Waals surface area contributed by atoms with E-state index in [9.17, 15) is 19.7 Å². The Morgan fingerprint density at radius 2 is 2.00 bits per heavy atom. The van der Waals surface area contributed by atoms with E-state index in [4.69, 9.17) is 5.73 Å². The van der Waals surface area contributed by atoms with Crippen LogP contribution in [0.15, 0.2) is 18.2 Å². The Hall–Kier alpha value is -2.64. The number of benzene rings is 1. The van der Waals surface area contributed by atoms with Crippen LogP contribution in [0.3, 0.4) is 0 Å². The standard InChI is InChI=1S/C13H18N4O4/c1-13(2,7-11(14)18)16-9-6-8(12(19)15-3)4-5-10(9)17(20)21/h4-6,16H,7H2,1-3H3,(H2,14,18)(H,15,19). The van der Waals surface area contributed by atoms with Crippen LogP contribution in [0.4, 0.5) is 11.4 Å². The highest BCUT2D eigenvalue weighted by atomic mass is 16.6. The molecule has 0 bridgehead atoms. The predicted octanol–water partition coefficient (Wildman–Crippen LogP) is 1.02. The van der Waals surface area contributed by atoms with Gasteiger partial charge in [-0.3, -0.25) is 19.7 Å². The fourth-order valence-electron chi connectivity index (χ4n) is 1.93. The minimum Gasteiger partial charge on any atom is -0.374 e. The Labute approximate surface area is 121 Å². The molecule has 2 amide bonds. The molecule has 0 radical (unpaired) electrons. The summed E-state index contributed by atoms with van der Waals surface area (Å²) >= 11 is 0. The van der Waals surface area contributed by atoms with Crippen LogP contribution in [0.1, 0.15) is 30.6 Å². The van der Waals surface area contributed by atoms with Crippen molar-refractivity contribution in [2.45, 2.75) is 25.8 Å². The number of nitrogens with one attached hydrogen (secondary N) is 2. The van der Waals surface area contributed by atoms with Crippen molar-refractivity contribution >= 4 is 23.2 Å². The number of hydrogen-bond donors (Lipinski definition) is 3. The lowest BCUT2D eigenvalue weighted by Crippen LogP contribution is -2.36. The largest absolute Gasteiger partial charge is 0.374 e. The predicted molar refractivity (Wildman–Crippen MR) is 78.0 cm³/mol. The molecule has 1 rings (SSSR count). The summed E-state index contributed by atoms with van der Waals surface area (Å²) in [5.41, 5.74) is 4.63. The average molecular weight is 294 g/mol. The highest BCUT2D eigenvalue weighted by Crippen LogP contribution is 2.29. The molecule has 0 aliphatic rings. The normalized spacial score (nSPS) is 10.8. The Bertz CT molecular complexity index is 584. The number of carbonyl (C=O) groups excluding carboxylic acids is 2. The van der Waals surface area contributed by atoms with Crippen molar-refractivity contribution in [2.75, 3.05) is 12.4 Å². The molecule has 0 saturated heterocycles. The number of carbonyl (C=O) groups is 2. The van der Waals surface area contributed by atoms with Gasteiger partial charge in [-0.1, -0.05) is 0 Å². The van der Waals surface area contributed by atoms with Gasteiger partial charge in [0.05, 0.1) is 4.92 Å². The van der Waals surface area contributed by atoms with E-state index >= 15 is 0 Å². The fourth-order valence-corrected chi connectivity index (χ4v) is 1.93. The molecule has 0 spiro atoms. The van der Waals surface area contributed by atoms with Gasteiger partial charge >= 0.3 is 0 Å². The molecule has 0 aromatic heterocycles. The summed E-state index contributed by atoms with van der Waals surface area (Å²) in [5.74, 6) is -0.890. The number of nitrogens with zero attached hydrogens (tertiary/aromatic N) is 1. The van der Waals surface area contributed by atoms with Crippen LogP contribution >= 0.6 is 0 Å². The monoisotopic (exact) mass is 294 g/mol. The molecule has 4 N–H and O–H groups in total. The Morgan fingerprint density at radius 1 is 1.38 bits per heavy atom. The summed E-state index contributed by atoms with van der Waals surface area (Å²) < 4.78 is 0. The van der Waals surface area contributed by atoms with E-state index in [2.05, 4.69) is 10.6 Å². The second-order valence-corrected chi connectivity index (χ2v) is 5.22. The van der Waals surface area contributed by atoms with Gasteiger partial charge in [-0.25, -0.2) is 0 Å². The fraction of sp³-hybridized carbons (Fsp3) is 0.385. The van der Waals surface area contributed by atoms with E-state index in [0.29, 0.717) is 0 Å². The zero-order valence-electron chi connectivity index (χ0n) is 12.1. The van der Waals surface area contributed by atoms with Crippen molar-refractivity contribution in [2.24, 2.45) is 5.73 Å². The van der Waals surface area contributed by atoms with Gasteiger partial charge in [-0.2, -0.15) is 0 Å². The molecule has 114 valence electrons. The molecule has 0 atom stereocenters. The van der Waals surface area contributed by atoms with Crippen molar-refractivity contribution in [1.82, 2.24) is 5.32 Å². The number of hydrogen-bond acceptors (Lipinski definition) is 5. The second kappa shape index (κ2) is 6.21. The summed E-state index contributed by atoms with van der Waals surface area (Å²) in [6, 6.07) is 3.98. The highest BCUT2D eigenvalue weighted by molar-refractivity contribution is 5.95. The van der Waals surface area contributed by atoms with Gasteiger partial charge in [0.2, 0.25) is 5.91 Å². The summed E-state index contributed by atoms with van der Waals surface area (Å²) in [7, 11) is 1.47. The lowest BCUT2D eigenvalue weighted by atomic mass is 9.99. The van der Waals surface area contributed by atoms with E-state index < -0.39 is 16.4 Å². The first-order valence-electron chi connectivity index (χ1n) is 6.23. The molecular formula is C13H18N4O4. The molecule has 0 fully saturated rings. The second-order valence-electron chi connectivity index (χ2n) is 5.22. The van der Waals surface area contributed by atoms with Gasteiger partial charge in [0.1, 0.15) is 5.69 Å². The summed E-state index contributed by atoms with van der Waals surface area (Å²) in [5, 5.41) is 16.4. The molecule has 0 saturated carbocycles. The first kappa shape index (κ1) is 16.4. The van der Waals surface area contributed by atoms with Gasteiger partial charge in [0.25, 0.3) is 11.6 Å². The van der Waals surface area contributed by atoms with Crippen molar-refractivity contribution in [1.29, 1.82) is 0 Å². The number of nitro groups is 1. The minimum absolute atomic E-state index is 0.00560. The van der Waals surface area contributed by atoms with Gasteiger partial charge in [0, 0.05) is 30.6 Å². The molecule has 21 heavy (non-hydrogen) atoms. The first-order chi connectivity index (χ1) is 9.66. The average Bonchev–Trinajstić information content (AvgIpc) is 2.35. The number of nitro benzene ring substituents is 1. The maximum atomic E-state index is 11.6. The van der Waals surface area contributed by atoms with Crippen molar-refractivity contribution < 1.29 is 14.5 Å². The van der Waals surface area contributed by atoms with Gasteiger partial charge < -0.3 is 16.4 Å². The number of amides is 2. The summed E-state index contributed by atoms with van der Waals surface area (Å²) in [4.78, 5) is 33.1. The van der Waals surface area contributed by atoms with E-state index in [0.717, 1.165) is 0 Å². The minimum atomic E-state index is -0.780. The van der Waals surface area contributed by atoms with Crippen LogP contribution < -0.4 is 16.4 Å². The SMILES string of the molecule is CNC(=O)c1ccc([N+](=O)[O-])c(NC(C)(C)CC(N)=O)c1. The Morgan fingerprint density at radius 3 is 2.48 bits per heavy atom. The van der Waals surface area contributed by atoms with Gasteiger partial charge in [-0.05, 0) is 26.0 Å². The van der Waals surface area contributed by atoms with Crippen molar-refractivity contribution in [3.05, 3.63) is 33.9 Å². The van der Waals surface area contributed by atoms with E-state index in [-0.39, 0.29) is 29.3 Å². The maximum absolute atomic E-state index is 11.6. The quantitative estimate of drug-likeness (QED) is 0.533. The molecule has 1 aromatic carbocycles. The molecular weight excluding hydrogens is 276 g/mol. The van der Waals surface area contributed by atoms with Crippen LogP contribution in [-0.2, 0) is 4.79 Å². The topological polar surface area (TPSA) is 127 Å². The van der Waals surface area contributed by atoms with E-state index in [1.807, 2.05) is 0 Å². The van der Waals surface area contributed by atoms with Crippen molar-refractivity contribution in [3.63, 3.8) is 0 Å². The van der Waals surface area contributed by atoms with Crippen LogP contribution in [0, 0.1) is 10.1 Å². The number of nitrogens with two attached hydrogens (primary N) is 1. The first-order valence-corrected chi connectivity index (χ1v) is 6.23. The highest BCUT2D eigenvalue weighted by Gasteiger charge is 2.25. The number of primary amides is 1. The van der Waals surface area contributed by atoms with Gasteiger partial charge in [0.15, 0.2) is 0 Å². The maximum Gasteiger partial charge on any atom is 0.292 e. The summed E-state index contributed by atoms with van der Waals surface area (Å²) in [6.45, 7) is 3.38. The van der Waals surface area contributed by atoms with Crippen LogP contribution in [0.5, 0.6) is 0 Å². The Balaban J connectivity index is 3.20. The number of anilines is 1. The molecule has 0 aliphatic heterocycles. The lowest BCUT2D eigenvalue weighted by Gasteiger charge is -2.26. The van der Waals surface area contributed by atoms with E-state index in [1.54, 1.807) is 13.8 Å². The van der Waals surface area contributed by atoms with Crippen LogP contribution in [0.25, 0.3) is 0 Å². The smallest absolute Gasteiger partial charge is 0.292 e. The third-order valence-corrected chi connectivity index (χ3v) is 2.77. The molecule has 0 heterocycles. The van der Waals surface area contributed by atoms with E-state index in [1.165, 1.54) is 25.2 Å². The molecule has 1 aromatic rings. The van der Waals surface area contributed by atoms with Gasteiger partial charge in [-0.15, -0.1) is 0 Å². The number of rotatable bonds is 6. The van der Waals surface area contributed by atoms with Crippen molar-refractivity contribution in [3.8, 4) is 0 Å². The molecule has 8 heteroatoms. The Kier molecular flexibility index (Phi) is 4.85. The molecule has 8 nitrogen and oxygen atoms in total. The van der Waals surface area contributed by atoms with Crippen LogP contribution in [-0.4, -0.2) is 29.3 Å². The third kappa shape index (κ3) is 4.44. The third-order valence-electron chi connectivity index (χ3n) is 2.77. The zero-order valence-corrected chi connectivity index (χ0v) is 12.1. The molecule has 0 aliphatic carbocycles.